The molecule has 4 nitrogen and oxygen atoms in total. The lowest BCUT2D eigenvalue weighted by Gasteiger charge is -2.12. The SMILES string of the molecule is Cc1nc(SCC(=O)c2cc(C)n(-c3ccc(Br)cc3)c2C)c2c3c(sc2n1)CCCC3. The van der Waals surface area contributed by atoms with Crippen LogP contribution in [-0.4, -0.2) is 26.1 Å². The van der Waals surface area contributed by atoms with Crippen molar-refractivity contribution in [2.45, 2.75) is 51.5 Å². The number of thioether (sulfide) groups is 1. The number of nitrogens with zero attached hydrogens (tertiary/aromatic N) is 3. The lowest BCUT2D eigenvalue weighted by molar-refractivity contribution is 0.102. The van der Waals surface area contributed by atoms with Crippen LogP contribution >= 0.6 is 39.0 Å². The van der Waals surface area contributed by atoms with Gasteiger partial charge in [0.1, 0.15) is 15.7 Å². The number of hydrogen-bond donors (Lipinski definition) is 0. The Morgan fingerprint density at radius 3 is 2.66 bits per heavy atom. The largest absolute Gasteiger partial charge is 0.318 e. The van der Waals surface area contributed by atoms with Crippen molar-refractivity contribution < 1.29 is 4.79 Å². The van der Waals surface area contributed by atoms with E-state index in [0.29, 0.717) is 5.75 Å². The highest BCUT2D eigenvalue weighted by Crippen LogP contribution is 2.40. The maximum Gasteiger partial charge on any atom is 0.174 e. The second-order valence-electron chi connectivity index (χ2n) is 8.28. The van der Waals surface area contributed by atoms with Crippen LogP contribution in [0.2, 0.25) is 0 Å². The summed E-state index contributed by atoms with van der Waals surface area (Å²) in [6.07, 6.45) is 4.71. The van der Waals surface area contributed by atoms with E-state index in [1.165, 1.54) is 28.7 Å². The van der Waals surface area contributed by atoms with Gasteiger partial charge >= 0.3 is 0 Å². The van der Waals surface area contributed by atoms with Crippen molar-refractivity contribution in [3.05, 3.63) is 68.0 Å². The third kappa shape index (κ3) is 3.95. The molecule has 0 N–H and O–H groups in total. The van der Waals surface area contributed by atoms with Gasteiger partial charge in [0.15, 0.2) is 5.78 Å². The second-order valence-corrected chi connectivity index (χ2v) is 11.2. The number of benzene rings is 1. The lowest BCUT2D eigenvalue weighted by atomic mass is 9.97. The van der Waals surface area contributed by atoms with Crippen molar-refractivity contribution in [3.63, 3.8) is 0 Å². The van der Waals surface area contributed by atoms with Gasteiger partial charge in [0.2, 0.25) is 0 Å². The summed E-state index contributed by atoms with van der Waals surface area (Å²) in [5.41, 5.74) is 5.30. The molecule has 0 saturated heterocycles. The maximum absolute atomic E-state index is 13.3. The zero-order chi connectivity index (χ0) is 22.4. The molecule has 1 aromatic carbocycles. The van der Waals surface area contributed by atoms with Gasteiger partial charge in [0.25, 0.3) is 0 Å². The van der Waals surface area contributed by atoms with Gasteiger partial charge in [-0.3, -0.25) is 4.79 Å². The molecule has 32 heavy (non-hydrogen) atoms. The fourth-order valence-electron chi connectivity index (χ4n) is 4.57. The molecule has 0 amide bonds. The number of halogens is 1. The molecular formula is C25H24BrN3OS2. The first-order valence-corrected chi connectivity index (χ1v) is 13.4. The highest BCUT2D eigenvalue weighted by molar-refractivity contribution is 9.10. The number of aryl methyl sites for hydroxylation is 4. The van der Waals surface area contributed by atoms with Gasteiger partial charge in [-0.25, -0.2) is 9.97 Å². The van der Waals surface area contributed by atoms with Crippen LogP contribution in [0.25, 0.3) is 15.9 Å². The summed E-state index contributed by atoms with van der Waals surface area (Å²) in [6, 6.07) is 10.2. The van der Waals surface area contributed by atoms with Crippen molar-refractivity contribution >= 4 is 55.0 Å². The average Bonchev–Trinajstić information content (AvgIpc) is 3.29. The van der Waals surface area contributed by atoms with Crippen LogP contribution in [0.5, 0.6) is 0 Å². The molecule has 3 heterocycles. The summed E-state index contributed by atoms with van der Waals surface area (Å²) in [6.45, 7) is 6.01. The van der Waals surface area contributed by atoms with Crippen LogP contribution in [0.3, 0.4) is 0 Å². The minimum absolute atomic E-state index is 0.139. The van der Waals surface area contributed by atoms with E-state index in [2.05, 4.69) is 32.6 Å². The Morgan fingerprint density at radius 2 is 1.88 bits per heavy atom. The standard InChI is InChI=1S/C25H24BrN3OS2/c1-14-12-20(15(2)29(14)18-10-8-17(26)9-11-18)21(30)13-31-24-23-19-6-4-5-7-22(19)32-25(23)28-16(3)27-24/h8-12H,4-7,13H2,1-3H3. The monoisotopic (exact) mass is 525 g/mol. The Labute approximate surface area is 204 Å². The van der Waals surface area contributed by atoms with Crippen LogP contribution in [-0.2, 0) is 12.8 Å². The number of aromatic nitrogens is 3. The molecular weight excluding hydrogens is 502 g/mol. The Hall–Kier alpha value is -1.96. The summed E-state index contributed by atoms with van der Waals surface area (Å²) in [7, 11) is 0. The molecule has 0 unspecified atom stereocenters. The van der Waals surface area contributed by atoms with Crippen LogP contribution < -0.4 is 0 Å². The zero-order valence-electron chi connectivity index (χ0n) is 18.4. The summed E-state index contributed by atoms with van der Waals surface area (Å²) in [4.78, 5) is 25.2. The van der Waals surface area contributed by atoms with Gasteiger partial charge in [-0.1, -0.05) is 27.7 Å². The number of hydrogen-bond acceptors (Lipinski definition) is 5. The Bertz CT molecular complexity index is 1340. The molecule has 1 aliphatic rings. The van der Waals surface area contributed by atoms with E-state index in [0.717, 1.165) is 55.6 Å². The summed E-state index contributed by atoms with van der Waals surface area (Å²) < 4.78 is 3.19. The van der Waals surface area contributed by atoms with E-state index < -0.39 is 0 Å². The topological polar surface area (TPSA) is 47.8 Å². The molecule has 0 saturated carbocycles. The minimum Gasteiger partial charge on any atom is -0.318 e. The molecule has 5 rings (SSSR count). The average molecular weight is 527 g/mol. The third-order valence-electron chi connectivity index (χ3n) is 6.05. The highest BCUT2D eigenvalue weighted by atomic mass is 79.9. The van der Waals surface area contributed by atoms with E-state index in [1.807, 2.05) is 50.3 Å². The Balaban J connectivity index is 1.43. The van der Waals surface area contributed by atoms with E-state index in [1.54, 1.807) is 11.8 Å². The van der Waals surface area contributed by atoms with E-state index in [9.17, 15) is 4.79 Å². The molecule has 0 bridgehead atoms. The predicted molar refractivity (Wildman–Crippen MR) is 137 cm³/mol. The number of ketones is 1. The Kier molecular flexibility index (Phi) is 5.99. The second kappa shape index (κ2) is 8.76. The highest BCUT2D eigenvalue weighted by Gasteiger charge is 2.22. The first kappa shape index (κ1) is 21.9. The predicted octanol–water partition coefficient (Wildman–Crippen LogP) is 7.02. The number of thiophene rings is 1. The number of fused-ring (bicyclic) bond motifs is 3. The van der Waals surface area contributed by atoms with Gasteiger partial charge in [-0.2, -0.15) is 0 Å². The van der Waals surface area contributed by atoms with Crippen molar-refractivity contribution in [1.29, 1.82) is 0 Å². The fraction of sp³-hybridized carbons (Fsp3) is 0.320. The van der Waals surface area contributed by atoms with Crippen LogP contribution in [0.4, 0.5) is 0 Å². The first-order chi connectivity index (χ1) is 15.4. The molecule has 164 valence electrons. The Morgan fingerprint density at radius 1 is 1.12 bits per heavy atom. The van der Waals surface area contributed by atoms with Crippen molar-refractivity contribution in [2.75, 3.05) is 5.75 Å². The van der Waals surface area contributed by atoms with Gasteiger partial charge in [0, 0.05) is 37.4 Å². The van der Waals surface area contributed by atoms with Gasteiger partial charge in [-0.15, -0.1) is 11.3 Å². The molecule has 4 aromatic rings. The maximum atomic E-state index is 13.3. The quantitative estimate of drug-likeness (QED) is 0.159. The first-order valence-electron chi connectivity index (χ1n) is 10.8. The van der Waals surface area contributed by atoms with Crippen molar-refractivity contribution in [2.24, 2.45) is 0 Å². The van der Waals surface area contributed by atoms with Crippen molar-refractivity contribution in [3.8, 4) is 5.69 Å². The van der Waals surface area contributed by atoms with Gasteiger partial charge in [-0.05, 0) is 82.3 Å². The summed E-state index contributed by atoms with van der Waals surface area (Å²) in [5, 5.41) is 2.15. The molecule has 7 heteroatoms. The number of Topliss-reactive ketones (excluding diaryl/α,β-unsaturated/α-hetero) is 1. The summed E-state index contributed by atoms with van der Waals surface area (Å²) in [5.74, 6) is 1.29. The number of carbonyl (C=O) groups is 1. The van der Waals surface area contributed by atoms with Crippen LogP contribution in [0.1, 0.15) is 50.9 Å². The third-order valence-corrected chi connectivity index (χ3v) is 8.74. The molecule has 0 atom stereocenters. The zero-order valence-corrected chi connectivity index (χ0v) is 21.6. The lowest BCUT2D eigenvalue weighted by Crippen LogP contribution is -2.06. The van der Waals surface area contributed by atoms with Gasteiger partial charge in [0.05, 0.1) is 5.75 Å². The molecule has 0 spiro atoms. The summed E-state index contributed by atoms with van der Waals surface area (Å²) >= 11 is 6.86. The van der Waals surface area contributed by atoms with Crippen molar-refractivity contribution in [1.82, 2.24) is 14.5 Å². The molecule has 1 aliphatic carbocycles. The number of rotatable bonds is 5. The van der Waals surface area contributed by atoms with E-state index in [4.69, 9.17) is 9.97 Å². The molecule has 3 aromatic heterocycles. The van der Waals surface area contributed by atoms with Crippen LogP contribution in [0.15, 0.2) is 39.8 Å². The number of carbonyl (C=O) groups excluding carboxylic acids is 1. The smallest absolute Gasteiger partial charge is 0.174 e. The molecule has 0 radical (unpaired) electrons. The molecule has 0 aliphatic heterocycles. The van der Waals surface area contributed by atoms with Gasteiger partial charge < -0.3 is 4.57 Å². The van der Waals surface area contributed by atoms with E-state index >= 15 is 0 Å². The van der Waals surface area contributed by atoms with E-state index in [-0.39, 0.29) is 5.78 Å². The minimum atomic E-state index is 0.139. The molecule has 0 fully saturated rings. The normalized spacial score (nSPS) is 13.5. The fourth-order valence-corrected chi connectivity index (χ4v) is 7.19. The van der Waals surface area contributed by atoms with Crippen LogP contribution in [0, 0.1) is 20.8 Å².